The van der Waals surface area contributed by atoms with Crippen LogP contribution in [0.4, 0.5) is 5.69 Å². The van der Waals surface area contributed by atoms with Gasteiger partial charge in [0, 0.05) is 0 Å². The fraction of sp³-hybridized carbons (Fsp3) is 0.294. The summed E-state index contributed by atoms with van der Waals surface area (Å²) in [7, 11) is 0. The minimum atomic E-state index is -0.404. The Balaban J connectivity index is 1.68. The number of imide groups is 1. The van der Waals surface area contributed by atoms with Crippen molar-refractivity contribution in [1.82, 2.24) is 0 Å². The van der Waals surface area contributed by atoms with Crippen molar-refractivity contribution >= 4 is 17.5 Å². The van der Waals surface area contributed by atoms with E-state index in [0.717, 1.165) is 11.5 Å². The molecule has 3 rings (SSSR count). The number of carbonyl (C=O) groups is 2. The number of hydrogen-bond donors (Lipinski definition) is 1. The molecule has 1 atom stereocenters. The molecule has 0 aliphatic carbocycles. The molecule has 1 fully saturated rings. The highest BCUT2D eigenvalue weighted by molar-refractivity contribution is 6.21. The molecule has 0 radical (unpaired) electrons. The van der Waals surface area contributed by atoms with Gasteiger partial charge in [0.25, 0.3) is 5.91 Å². The second kappa shape index (κ2) is 6.66. The van der Waals surface area contributed by atoms with Crippen LogP contribution in [-0.4, -0.2) is 24.5 Å². The van der Waals surface area contributed by atoms with Crippen molar-refractivity contribution in [2.24, 2.45) is 0 Å². The molecule has 1 aromatic carbocycles. The van der Waals surface area contributed by atoms with Gasteiger partial charge in [-0.3, -0.25) is 9.59 Å². The maximum absolute atomic E-state index is 12.5. The van der Waals surface area contributed by atoms with Crippen LogP contribution in [0.1, 0.15) is 19.1 Å². The fourth-order valence-electron chi connectivity index (χ4n) is 2.66. The molecule has 2 N–H and O–H groups in total. The standard InChI is InChI=1S/C17H18N2O4/c1-2-22-13-7-5-12(6-8-13)19-16(20)10-15(17(19)21)18-11-14-4-3-9-23-14/h3-9,15,18H,2,10-11H2,1H3/p+1/t15-/m1/s1. The Labute approximate surface area is 134 Å². The number of rotatable bonds is 6. The van der Waals surface area contributed by atoms with E-state index in [0.29, 0.717) is 18.8 Å². The van der Waals surface area contributed by atoms with Crippen molar-refractivity contribution in [2.75, 3.05) is 11.5 Å². The smallest absolute Gasteiger partial charge is 0.292 e. The molecule has 0 unspecified atom stereocenters. The molecular formula is C17H19N2O4+. The third kappa shape index (κ3) is 3.27. The Bertz CT molecular complexity index is 679. The number of nitrogens with two attached hydrogens (primary N) is 1. The summed E-state index contributed by atoms with van der Waals surface area (Å²) in [4.78, 5) is 25.9. The minimum Gasteiger partial charge on any atom is -0.494 e. The summed E-state index contributed by atoms with van der Waals surface area (Å²) in [5, 5.41) is 1.84. The second-order valence-electron chi connectivity index (χ2n) is 5.32. The number of ether oxygens (including phenoxy) is 1. The topological polar surface area (TPSA) is 76.4 Å². The van der Waals surface area contributed by atoms with Gasteiger partial charge in [-0.05, 0) is 43.3 Å². The monoisotopic (exact) mass is 315 g/mol. The van der Waals surface area contributed by atoms with Crippen molar-refractivity contribution in [3.8, 4) is 5.75 Å². The fourth-order valence-corrected chi connectivity index (χ4v) is 2.66. The lowest BCUT2D eigenvalue weighted by Gasteiger charge is -2.14. The number of amides is 2. The van der Waals surface area contributed by atoms with Gasteiger partial charge >= 0.3 is 0 Å². The molecule has 1 aliphatic heterocycles. The predicted octanol–water partition coefficient (Wildman–Crippen LogP) is 1.07. The van der Waals surface area contributed by atoms with Crippen molar-refractivity contribution in [3.63, 3.8) is 0 Å². The van der Waals surface area contributed by atoms with E-state index in [1.54, 1.807) is 36.6 Å². The number of anilines is 1. The number of benzene rings is 1. The van der Waals surface area contributed by atoms with Crippen LogP contribution in [-0.2, 0) is 16.1 Å². The van der Waals surface area contributed by atoms with E-state index in [4.69, 9.17) is 9.15 Å². The normalized spacial score (nSPS) is 17.8. The maximum atomic E-state index is 12.5. The van der Waals surface area contributed by atoms with E-state index in [1.807, 2.05) is 18.3 Å². The second-order valence-corrected chi connectivity index (χ2v) is 5.32. The maximum Gasteiger partial charge on any atom is 0.292 e. The first-order valence-corrected chi connectivity index (χ1v) is 7.64. The van der Waals surface area contributed by atoms with Crippen LogP contribution in [0.3, 0.4) is 0 Å². The molecule has 1 aliphatic rings. The van der Waals surface area contributed by atoms with E-state index in [9.17, 15) is 9.59 Å². The number of hydrogen-bond acceptors (Lipinski definition) is 4. The lowest BCUT2D eigenvalue weighted by Crippen LogP contribution is -2.90. The van der Waals surface area contributed by atoms with Gasteiger partial charge in [-0.1, -0.05) is 0 Å². The molecule has 23 heavy (non-hydrogen) atoms. The van der Waals surface area contributed by atoms with Gasteiger partial charge in [-0.25, -0.2) is 4.90 Å². The first-order valence-electron chi connectivity index (χ1n) is 7.64. The highest BCUT2D eigenvalue weighted by atomic mass is 16.5. The molecule has 2 amide bonds. The lowest BCUT2D eigenvalue weighted by atomic mass is 10.2. The quantitative estimate of drug-likeness (QED) is 0.809. The largest absolute Gasteiger partial charge is 0.494 e. The molecule has 1 saturated heterocycles. The Kier molecular flexibility index (Phi) is 4.43. The third-order valence-corrected chi connectivity index (χ3v) is 3.77. The Morgan fingerprint density at radius 2 is 2.04 bits per heavy atom. The summed E-state index contributed by atoms with van der Waals surface area (Å²) in [6, 6.07) is 10.2. The first-order chi connectivity index (χ1) is 11.2. The molecule has 6 nitrogen and oxygen atoms in total. The summed E-state index contributed by atoms with van der Waals surface area (Å²) in [5.74, 6) is 1.13. The molecule has 2 aromatic rings. The summed E-state index contributed by atoms with van der Waals surface area (Å²) in [6.07, 6.45) is 1.80. The lowest BCUT2D eigenvalue weighted by molar-refractivity contribution is -0.691. The van der Waals surface area contributed by atoms with Gasteiger partial charge in [0.05, 0.1) is 25.0 Å². The van der Waals surface area contributed by atoms with Crippen LogP contribution in [0.5, 0.6) is 5.75 Å². The van der Waals surface area contributed by atoms with E-state index in [2.05, 4.69) is 0 Å². The molecule has 2 heterocycles. The Hall–Kier alpha value is -2.60. The van der Waals surface area contributed by atoms with E-state index >= 15 is 0 Å². The molecule has 120 valence electrons. The number of furan rings is 1. The van der Waals surface area contributed by atoms with Gasteiger partial charge in [0.2, 0.25) is 5.91 Å². The zero-order valence-corrected chi connectivity index (χ0v) is 12.9. The molecule has 0 spiro atoms. The minimum absolute atomic E-state index is 0.181. The predicted molar refractivity (Wildman–Crippen MR) is 82.8 cm³/mol. The van der Waals surface area contributed by atoms with Gasteiger partial charge < -0.3 is 14.5 Å². The molecule has 0 bridgehead atoms. The number of carbonyl (C=O) groups excluding carboxylic acids is 2. The molecule has 1 aromatic heterocycles. The van der Waals surface area contributed by atoms with Gasteiger partial charge in [-0.15, -0.1) is 0 Å². The molecular weight excluding hydrogens is 296 g/mol. The highest BCUT2D eigenvalue weighted by Gasteiger charge is 2.42. The zero-order valence-electron chi connectivity index (χ0n) is 12.9. The number of quaternary nitrogens is 1. The highest BCUT2D eigenvalue weighted by Crippen LogP contribution is 2.24. The first kappa shape index (κ1) is 15.3. The van der Waals surface area contributed by atoms with E-state index < -0.39 is 6.04 Å². The van der Waals surface area contributed by atoms with Crippen molar-refractivity contribution in [1.29, 1.82) is 0 Å². The average molecular weight is 315 g/mol. The van der Waals surface area contributed by atoms with Gasteiger partial charge in [-0.2, -0.15) is 0 Å². The van der Waals surface area contributed by atoms with Crippen LogP contribution in [0.2, 0.25) is 0 Å². The Morgan fingerprint density at radius 1 is 1.26 bits per heavy atom. The van der Waals surface area contributed by atoms with Crippen molar-refractivity contribution in [3.05, 3.63) is 48.4 Å². The average Bonchev–Trinajstić information content (AvgIpc) is 3.15. The van der Waals surface area contributed by atoms with Gasteiger partial charge in [0.1, 0.15) is 12.3 Å². The number of nitrogens with zero attached hydrogens (tertiary/aromatic N) is 1. The summed E-state index contributed by atoms with van der Waals surface area (Å²) in [6.45, 7) is 3.01. The van der Waals surface area contributed by atoms with Crippen LogP contribution >= 0.6 is 0 Å². The summed E-state index contributed by atoms with van der Waals surface area (Å²) in [5.41, 5.74) is 0.581. The summed E-state index contributed by atoms with van der Waals surface area (Å²) < 4.78 is 10.6. The van der Waals surface area contributed by atoms with Crippen LogP contribution in [0.15, 0.2) is 47.1 Å². The van der Waals surface area contributed by atoms with Crippen molar-refractivity contribution in [2.45, 2.75) is 25.9 Å². The van der Waals surface area contributed by atoms with Crippen LogP contribution in [0, 0.1) is 0 Å². The SMILES string of the molecule is CCOc1ccc(N2C(=O)C[C@@H]([NH2+]Cc3ccco3)C2=O)cc1. The van der Waals surface area contributed by atoms with E-state index in [1.165, 1.54) is 4.90 Å². The van der Waals surface area contributed by atoms with E-state index in [-0.39, 0.29) is 18.2 Å². The molecule has 6 heteroatoms. The van der Waals surface area contributed by atoms with Crippen LogP contribution < -0.4 is 15.0 Å². The van der Waals surface area contributed by atoms with Crippen LogP contribution in [0.25, 0.3) is 0 Å². The molecule has 0 saturated carbocycles. The third-order valence-electron chi connectivity index (χ3n) is 3.77. The van der Waals surface area contributed by atoms with Gasteiger partial charge in [0.15, 0.2) is 11.8 Å². The summed E-state index contributed by atoms with van der Waals surface area (Å²) >= 11 is 0. The zero-order chi connectivity index (χ0) is 16.2. The Morgan fingerprint density at radius 3 is 2.70 bits per heavy atom. The van der Waals surface area contributed by atoms with Crippen molar-refractivity contribution < 1.29 is 24.1 Å².